The first-order valence-electron chi connectivity index (χ1n) is 14.0. The Hall–Kier alpha value is -3.38. The van der Waals surface area contributed by atoms with E-state index in [0.717, 1.165) is 0 Å². The number of carbonyl (C=O) groups is 6. The molecule has 6 N–H and O–H groups in total. The Labute approximate surface area is 244 Å². The van der Waals surface area contributed by atoms with E-state index in [0.29, 0.717) is 41.0 Å². The third-order valence-electron chi connectivity index (χ3n) is 5.96. The van der Waals surface area contributed by atoms with Gasteiger partial charge in [0.25, 0.3) is 0 Å². The van der Waals surface area contributed by atoms with Gasteiger partial charge in [0.15, 0.2) is 0 Å². The summed E-state index contributed by atoms with van der Waals surface area (Å²) in [6, 6.07) is 0. The quantitative estimate of drug-likeness (QED) is 0.175. The largest absolute Gasteiger partial charge is 0.378 e. The maximum Gasteiger partial charge on any atom is 0.246 e. The number of nitrogens with one attached hydrogen (secondary N) is 3. The number of hydrogen-bond donors (Lipinski definition) is 6. The maximum atomic E-state index is 12.0. The molecular weight excluding hydrogens is 560 g/mol. The number of amides is 6. The molecule has 0 bridgehead atoms. The van der Waals surface area contributed by atoms with Crippen LogP contribution in [0.3, 0.4) is 0 Å². The molecule has 0 saturated carbocycles. The molecule has 0 unspecified atom stereocenters. The minimum absolute atomic E-state index is 0.00638. The van der Waals surface area contributed by atoms with Gasteiger partial charge < -0.3 is 25.4 Å². The lowest BCUT2D eigenvalue weighted by Gasteiger charge is -2.15. The van der Waals surface area contributed by atoms with E-state index in [9.17, 15) is 44.4 Å². The van der Waals surface area contributed by atoms with Gasteiger partial charge in [-0.15, -0.1) is 0 Å². The molecule has 0 atom stereocenters. The standard InChI is InChI=1S/C25H44N6O11/c32-20-4-8-24(36)30(39)14-18-42-17-12-28-22(34)6-9-25(37)31(40)15-19-41-16-11-27-21(33)5-7-23(35)29(38)13-3-1-2-10-26-20/h38-40H,1-19H2,(H,26,32)(H,27,33)(H,28,34). The van der Waals surface area contributed by atoms with E-state index in [1.54, 1.807) is 0 Å². The Morgan fingerprint density at radius 2 is 0.833 bits per heavy atom. The Morgan fingerprint density at radius 3 is 1.26 bits per heavy atom. The summed E-state index contributed by atoms with van der Waals surface area (Å²) in [5.74, 6) is -3.12. The second-order valence-corrected chi connectivity index (χ2v) is 9.39. The van der Waals surface area contributed by atoms with E-state index in [4.69, 9.17) is 9.47 Å². The van der Waals surface area contributed by atoms with Crippen molar-refractivity contribution >= 4 is 35.4 Å². The first-order valence-corrected chi connectivity index (χ1v) is 14.0. The summed E-state index contributed by atoms with van der Waals surface area (Å²) < 4.78 is 10.5. The highest BCUT2D eigenvalue weighted by Gasteiger charge is 2.15. The second kappa shape index (κ2) is 22.2. The SMILES string of the molecule is O=C1CCC(=O)N(O)CCCCCNC(=O)CCC(=O)N(O)CCOCCNC(=O)CCC(=O)N(O)CCOCCN1. The molecule has 240 valence electrons. The van der Waals surface area contributed by atoms with Crippen molar-refractivity contribution in [2.24, 2.45) is 0 Å². The van der Waals surface area contributed by atoms with Crippen molar-refractivity contribution in [3.8, 4) is 0 Å². The Bertz CT molecular complexity index is 766. The van der Waals surface area contributed by atoms with Crippen LogP contribution in [0.1, 0.15) is 57.8 Å². The van der Waals surface area contributed by atoms with Crippen molar-refractivity contribution in [1.82, 2.24) is 31.1 Å². The highest BCUT2D eigenvalue weighted by molar-refractivity contribution is 5.84. The minimum Gasteiger partial charge on any atom is -0.378 e. The van der Waals surface area contributed by atoms with Gasteiger partial charge in [0, 0.05) is 64.7 Å². The molecule has 17 nitrogen and oxygen atoms in total. The fraction of sp³-hybridized carbons (Fsp3) is 0.760. The number of nitrogens with zero attached hydrogens (tertiary/aromatic N) is 3. The molecule has 1 rings (SSSR count). The van der Waals surface area contributed by atoms with Gasteiger partial charge in [0.1, 0.15) is 0 Å². The summed E-state index contributed by atoms with van der Waals surface area (Å²) in [5, 5.41) is 38.7. The highest BCUT2D eigenvalue weighted by atomic mass is 16.5. The Kier molecular flexibility index (Phi) is 19.4. The van der Waals surface area contributed by atoms with Gasteiger partial charge >= 0.3 is 0 Å². The molecule has 1 aliphatic rings. The van der Waals surface area contributed by atoms with Crippen LogP contribution in [0.2, 0.25) is 0 Å². The predicted octanol–water partition coefficient (Wildman–Crippen LogP) is -1.45. The fourth-order valence-corrected chi connectivity index (χ4v) is 3.51. The molecule has 0 radical (unpaired) electrons. The van der Waals surface area contributed by atoms with Crippen LogP contribution < -0.4 is 16.0 Å². The summed E-state index contributed by atoms with van der Waals surface area (Å²) in [7, 11) is 0. The van der Waals surface area contributed by atoms with Crippen LogP contribution in [0, 0.1) is 0 Å². The van der Waals surface area contributed by atoms with E-state index in [1.807, 2.05) is 0 Å². The number of ether oxygens (including phenoxy) is 2. The zero-order valence-corrected chi connectivity index (χ0v) is 23.9. The summed E-state index contributed by atoms with van der Waals surface area (Å²) >= 11 is 0. The Balaban J connectivity index is 2.49. The molecular formula is C25H44N6O11. The normalized spacial score (nSPS) is 21.4. The van der Waals surface area contributed by atoms with E-state index in [1.165, 1.54) is 0 Å². The van der Waals surface area contributed by atoms with E-state index >= 15 is 0 Å². The molecule has 0 aromatic rings. The van der Waals surface area contributed by atoms with Crippen LogP contribution in [-0.2, 0) is 38.2 Å². The van der Waals surface area contributed by atoms with Gasteiger partial charge in [0.2, 0.25) is 35.4 Å². The molecule has 1 aliphatic heterocycles. The molecule has 1 fully saturated rings. The average Bonchev–Trinajstić information content (AvgIpc) is 2.97. The van der Waals surface area contributed by atoms with Gasteiger partial charge in [-0.05, 0) is 19.3 Å². The van der Waals surface area contributed by atoms with Crippen molar-refractivity contribution < 1.29 is 53.9 Å². The number of hydroxylamine groups is 6. The topological polar surface area (TPSA) is 227 Å². The third kappa shape index (κ3) is 18.1. The van der Waals surface area contributed by atoms with Crippen LogP contribution in [-0.4, -0.2) is 132 Å². The molecule has 0 aromatic heterocycles. The summed E-state index contributed by atoms with van der Waals surface area (Å²) in [5.41, 5.74) is 0. The van der Waals surface area contributed by atoms with Crippen LogP contribution in [0.5, 0.6) is 0 Å². The van der Waals surface area contributed by atoms with Crippen molar-refractivity contribution in [2.75, 3.05) is 65.7 Å². The summed E-state index contributed by atoms with van der Waals surface area (Å²) in [6.07, 6.45) is 0.657. The van der Waals surface area contributed by atoms with Crippen molar-refractivity contribution in [3.05, 3.63) is 0 Å². The van der Waals surface area contributed by atoms with Crippen molar-refractivity contribution in [2.45, 2.75) is 57.8 Å². The monoisotopic (exact) mass is 604 g/mol. The molecule has 1 heterocycles. The second-order valence-electron chi connectivity index (χ2n) is 9.39. The minimum atomic E-state index is -0.673. The van der Waals surface area contributed by atoms with Gasteiger partial charge in [-0.1, -0.05) is 0 Å². The Morgan fingerprint density at radius 1 is 0.452 bits per heavy atom. The smallest absolute Gasteiger partial charge is 0.246 e. The van der Waals surface area contributed by atoms with Crippen LogP contribution >= 0.6 is 0 Å². The molecule has 0 aromatic carbocycles. The van der Waals surface area contributed by atoms with Gasteiger partial charge in [0.05, 0.1) is 39.5 Å². The first-order chi connectivity index (χ1) is 20.1. The van der Waals surface area contributed by atoms with Crippen LogP contribution in [0.4, 0.5) is 0 Å². The third-order valence-corrected chi connectivity index (χ3v) is 5.96. The lowest BCUT2D eigenvalue weighted by molar-refractivity contribution is -0.168. The fourth-order valence-electron chi connectivity index (χ4n) is 3.51. The predicted molar refractivity (Wildman–Crippen MR) is 143 cm³/mol. The average molecular weight is 605 g/mol. The molecule has 42 heavy (non-hydrogen) atoms. The summed E-state index contributed by atoms with van der Waals surface area (Å²) in [4.78, 5) is 71.7. The number of carbonyl (C=O) groups excluding carboxylic acids is 6. The lowest BCUT2D eigenvalue weighted by Crippen LogP contribution is -2.34. The van der Waals surface area contributed by atoms with E-state index in [2.05, 4.69) is 16.0 Å². The molecule has 6 amide bonds. The van der Waals surface area contributed by atoms with E-state index in [-0.39, 0.29) is 104 Å². The van der Waals surface area contributed by atoms with Crippen molar-refractivity contribution in [1.29, 1.82) is 0 Å². The number of rotatable bonds is 0. The van der Waals surface area contributed by atoms with Gasteiger partial charge in [-0.25, -0.2) is 15.2 Å². The highest BCUT2D eigenvalue weighted by Crippen LogP contribution is 2.02. The zero-order chi connectivity index (χ0) is 31.2. The molecule has 17 heteroatoms. The molecule has 0 aliphatic carbocycles. The molecule has 0 spiro atoms. The first kappa shape index (κ1) is 36.6. The summed E-state index contributed by atoms with van der Waals surface area (Å²) in [6.45, 7) is 0.611. The van der Waals surface area contributed by atoms with Gasteiger partial charge in [-0.3, -0.25) is 44.4 Å². The van der Waals surface area contributed by atoms with Crippen LogP contribution in [0.25, 0.3) is 0 Å². The van der Waals surface area contributed by atoms with Crippen molar-refractivity contribution in [3.63, 3.8) is 0 Å². The maximum absolute atomic E-state index is 12.0. The van der Waals surface area contributed by atoms with Gasteiger partial charge in [-0.2, -0.15) is 0 Å². The molecule has 1 saturated heterocycles. The number of hydrogen-bond acceptors (Lipinski definition) is 11. The lowest BCUT2D eigenvalue weighted by atomic mass is 10.2. The zero-order valence-electron chi connectivity index (χ0n) is 23.9. The van der Waals surface area contributed by atoms with Crippen LogP contribution in [0.15, 0.2) is 0 Å². The van der Waals surface area contributed by atoms with E-state index < -0.39 is 29.5 Å².